The molecule has 168 valence electrons. The van der Waals surface area contributed by atoms with E-state index in [0.717, 1.165) is 42.4 Å². The van der Waals surface area contributed by atoms with Crippen LogP contribution in [0, 0.1) is 19.7 Å². The fourth-order valence-corrected chi connectivity index (χ4v) is 4.22. The summed E-state index contributed by atoms with van der Waals surface area (Å²) in [5.74, 6) is 0.775. The zero-order valence-corrected chi connectivity index (χ0v) is 19.2. The van der Waals surface area contributed by atoms with Crippen molar-refractivity contribution >= 4 is 11.3 Å². The van der Waals surface area contributed by atoms with Gasteiger partial charge in [0.15, 0.2) is 0 Å². The average molecular weight is 445 g/mol. The summed E-state index contributed by atoms with van der Waals surface area (Å²) >= 11 is 1.67. The minimum atomic E-state index is -0.110. The van der Waals surface area contributed by atoms with Crippen molar-refractivity contribution in [3.63, 3.8) is 0 Å². The van der Waals surface area contributed by atoms with Gasteiger partial charge in [-0.3, -0.25) is 9.88 Å². The first-order valence-corrected chi connectivity index (χ1v) is 11.6. The quantitative estimate of drug-likeness (QED) is 0.480. The first-order valence-electron chi connectivity index (χ1n) is 10.7. The molecule has 2 aromatic carbocycles. The summed E-state index contributed by atoms with van der Waals surface area (Å²) < 4.78 is 19.5. The molecule has 1 aromatic heterocycles. The summed E-state index contributed by atoms with van der Waals surface area (Å²) in [5, 5.41) is 3.10. The molecule has 3 heterocycles. The van der Waals surface area contributed by atoms with Crippen LogP contribution in [0.2, 0.25) is 0 Å². The molecular formula is C25H33FN2O2S. The number of rotatable bonds is 1. The van der Waals surface area contributed by atoms with Crippen molar-refractivity contribution in [2.24, 2.45) is 0 Å². The van der Waals surface area contributed by atoms with E-state index in [1.165, 1.54) is 19.3 Å². The molecule has 0 saturated carbocycles. The highest BCUT2D eigenvalue weighted by Crippen LogP contribution is 2.38. The van der Waals surface area contributed by atoms with Crippen molar-refractivity contribution in [3.05, 3.63) is 82.1 Å². The largest absolute Gasteiger partial charge is 0.493 e. The van der Waals surface area contributed by atoms with E-state index in [-0.39, 0.29) is 11.3 Å². The standard InChI is InChI=1S/C15H20FNO.C6H6.C4H5NS.H2O/c1-11-9-15-12(10-13(11)16)14(5-8-18-15)17-6-3-2-4-7-17;1-2-4-6-5-3-1;1-4-5-2-3-6-4;/h9-10,14H,2-8H2,1H3;1-6H;2-3H,1H3;1H2/t14-;;;/m1.../s1. The van der Waals surface area contributed by atoms with Crippen LogP contribution in [0.4, 0.5) is 4.39 Å². The zero-order chi connectivity index (χ0) is 21.2. The van der Waals surface area contributed by atoms with E-state index in [2.05, 4.69) is 9.88 Å². The number of aromatic nitrogens is 1. The molecule has 6 heteroatoms. The molecule has 4 nitrogen and oxygen atoms in total. The number of fused-ring (bicyclic) bond motifs is 1. The molecule has 3 aromatic rings. The fourth-order valence-electron chi connectivity index (χ4n) is 3.78. The molecule has 0 amide bonds. The Kier molecular flexibility index (Phi) is 10.6. The lowest BCUT2D eigenvalue weighted by atomic mass is 9.95. The maximum atomic E-state index is 13.8. The van der Waals surface area contributed by atoms with Crippen LogP contribution in [0.15, 0.2) is 60.1 Å². The number of benzene rings is 2. The van der Waals surface area contributed by atoms with Crippen molar-refractivity contribution in [1.82, 2.24) is 9.88 Å². The normalized spacial score (nSPS) is 17.5. The van der Waals surface area contributed by atoms with Crippen molar-refractivity contribution in [2.75, 3.05) is 19.7 Å². The number of halogens is 1. The van der Waals surface area contributed by atoms with Gasteiger partial charge in [-0.2, -0.15) is 0 Å². The number of thiazole rings is 1. The predicted octanol–water partition coefficient (Wildman–Crippen LogP) is 5.76. The van der Waals surface area contributed by atoms with E-state index in [9.17, 15) is 4.39 Å². The van der Waals surface area contributed by atoms with E-state index in [4.69, 9.17) is 4.74 Å². The number of likely N-dealkylation sites (tertiary alicyclic amines) is 1. The van der Waals surface area contributed by atoms with E-state index in [1.54, 1.807) is 30.5 Å². The molecule has 2 aliphatic rings. The highest BCUT2D eigenvalue weighted by atomic mass is 32.1. The van der Waals surface area contributed by atoms with Gasteiger partial charge in [0.1, 0.15) is 11.6 Å². The van der Waals surface area contributed by atoms with E-state index in [1.807, 2.05) is 54.8 Å². The molecule has 2 N–H and O–H groups in total. The monoisotopic (exact) mass is 444 g/mol. The Morgan fingerprint density at radius 2 is 1.65 bits per heavy atom. The van der Waals surface area contributed by atoms with Crippen LogP contribution in [-0.4, -0.2) is 35.1 Å². The third-order valence-electron chi connectivity index (χ3n) is 5.35. The first kappa shape index (κ1) is 25.0. The number of aryl methyl sites for hydroxylation is 2. The second kappa shape index (κ2) is 13.2. The lowest BCUT2D eigenvalue weighted by molar-refractivity contribution is 0.119. The van der Waals surface area contributed by atoms with Crippen molar-refractivity contribution in [2.45, 2.75) is 45.6 Å². The van der Waals surface area contributed by atoms with Gasteiger partial charge in [0.2, 0.25) is 0 Å². The maximum absolute atomic E-state index is 13.8. The summed E-state index contributed by atoms with van der Waals surface area (Å²) in [4.78, 5) is 6.43. The van der Waals surface area contributed by atoms with Crippen molar-refractivity contribution < 1.29 is 14.6 Å². The van der Waals surface area contributed by atoms with Crippen LogP contribution in [0.3, 0.4) is 0 Å². The molecule has 1 fully saturated rings. The zero-order valence-electron chi connectivity index (χ0n) is 18.4. The Labute approximate surface area is 189 Å². The molecule has 1 atom stereocenters. The van der Waals surface area contributed by atoms with Gasteiger partial charge in [-0.05, 0) is 57.5 Å². The molecule has 5 rings (SSSR count). The minimum absolute atomic E-state index is 0. The van der Waals surface area contributed by atoms with Crippen LogP contribution < -0.4 is 4.74 Å². The Morgan fingerprint density at radius 3 is 2.16 bits per heavy atom. The number of piperidine rings is 1. The molecule has 0 radical (unpaired) electrons. The topological polar surface area (TPSA) is 56.9 Å². The van der Waals surface area contributed by atoms with Gasteiger partial charge >= 0.3 is 0 Å². The molecular weight excluding hydrogens is 411 g/mol. The Morgan fingerprint density at radius 1 is 1.00 bits per heavy atom. The predicted molar refractivity (Wildman–Crippen MR) is 126 cm³/mol. The van der Waals surface area contributed by atoms with Crippen LogP contribution >= 0.6 is 11.3 Å². The van der Waals surface area contributed by atoms with Gasteiger partial charge in [-0.15, -0.1) is 11.3 Å². The van der Waals surface area contributed by atoms with Crippen LogP contribution in [-0.2, 0) is 0 Å². The SMILES string of the molecule is Cc1cc2c(cc1F)[C@H](N1CCCCC1)CCO2.Cc1nccs1.O.c1ccccc1. The van der Waals surface area contributed by atoms with E-state index < -0.39 is 0 Å². The van der Waals surface area contributed by atoms with Crippen LogP contribution in [0.1, 0.15) is 47.9 Å². The molecule has 2 aliphatic heterocycles. The Balaban J connectivity index is 0.000000215. The second-order valence-electron chi connectivity index (χ2n) is 7.59. The number of nitrogens with zero attached hydrogens (tertiary/aromatic N) is 2. The highest BCUT2D eigenvalue weighted by Gasteiger charge is 2.28. The molecule has 1 saturated heterocycles. The van der Waals surface area contributed by atoms with E-state index in [0.29, 0.717) is 11.6 Å². The van der Waals surface area contributed by atoms with Gasteiger partial charge in [0.05, 0.1) is 11.6 Å². The smallest absolute Gasteiger partial charge is 0.126 e. The number of hydrogen-bond acceptors (Lipinski definition) is 4. The first-order chi connectivity index (χ1) is 14.6. The van der Waals surface area contributed by atoms with Gasteiger partial charge in [0, 0.05) is 29.6 Å². The van der Waals surface area contributed by atoms with Crippen LogP contribution in [0.5, 0.6) is 5.75 Å². The lowest BCUT2D eigenvalue weighted by Crippen LogP contribution is -2.36. The Hall–Kier alpha value is -2.28. The van der Waals surface area contributed by atoms with E-state index >= 15 is 0 Å². The molecule has 0 unspecified atom stereocenters. The van der Waals surface area contributed by atoms with Crippen LogP contribution in [0.25, 0.3) is 0 Å². The Bertz CT molecular complexity index is 842. The third-order valence-corrected chi connectivity index (χ3v) is 6.06. The van der Waals surface area contributed by atoms with Gasteiger partial charge in [-0.1, -0.05) is 42.8 Å². The number of hydrogen-bond donors (Lipinski definition) is 0. The molecule has 0 aliphatic carbocycles. The highest BCUT2D eigenvalue weighted by molar-refractivity contribution is 7.09. The van der Waals surface area contributed by atoms with Gasteiger partial charge in [-0.25, -0.2) is 4.39 Å². The molecule has 0 spiro atoms. The maximum Gasteiger partial charge on any atom is 0.126 e. The fraction of sp³-hybridized carbons (Fsp3) is 0.400. The molecule has 0 bridgehead atoms. The number of ether oxygens (including phenoxy) is 1. The van der Waals surface area contributed by atoms with Crippen molar-refractivity contribution in [3.8, 4) is 5.75 Å². The molecule has 31 heavy (non-hydrogen) atoms. The summed E-state index contributed by atoms with van der Waals surface area (Å²) in [6, 6.07) is 15.9. The third kappa shape index (κ3) is 7.73. The minimum Gasteiger partial charge on any atom is -0.493 e. The summed E-state index contributed by atoms with van der Waals surface area (Å²) in [7, 11) is 0. The second-order valence-corrected chi connectivity index (χ2v) is 8.69. The summed E-state index contributed by atoms with van der Waals surface area (Å²) in [6.07, 6.45) is 6.65. The van der Waals surface area contributed by atoms with Crippen molar-refractivity contribution in [1.29, 1.82) is 0 Å². The summed E-state index contributed by atoms with van der Waals surface area (Å²) in [6.45, 7) is 6.81. The summed E-state index contributed by atoms with van der Waals surface area (Å²) in [5.41, 5.74) is 1.72. The van der Waals surface area contributed by atoms with Gasteiger partial charge < -0.3 is 10.2 Å². The lowest BCUT2D eigenvalue weighted by Gasteiger charge is -2.38. The van der Waals surface area contributed by atoms with Gasteiger partial charge in [0.25, 0.3) is 0 Å². The average Bonchev–Trinajstić information content (AvgIpc) is 3.28.